The Morgan fingerprint density at radius 2 is 1.08 bits per heavy atom. The van der Waals surface area contributed by atoms with Crippen molar-refractivity contribution in [2.75, 3.05) is 0 Å². The molecule has 3 aromatic rings. The van der Waals surface area contributed by atoms with Crippen LogP contribution < -0.4 is 0 Å². The Labute approximate surface area is 179 Å². The predicted molar refractivity (Wildman–Crippen MR) is 110 cm³/mol. The molecule has 8 heteroatoms. The van der Waals surface area contributed by atoms with Crippen molar-refractivity contribution in [1.29, 1.82) is 0 Å². The number of rotatable bonds is 2. The van der Waals surface area contributed by atoms with Crippen LogP contribution in [0.4, 0.5) is 0 Å². The summed E-state index contributed by atoms with van der Waals surface area (Å²) in [6, 6.07) is 8.14. The summed E-state index contributed by atoms with van der Waals surface area (Å²) >= 11 is 43.2. The van der Waals surface area contributed by atoms with E-state index in [1.165, 1.54) is 0 Å². The number of halogens is 7. The number of nitrogens with zero attached hydrogens (tertiary/aromatic N) is 1. The van der Waals surface area contributed by atoms with Crippen LogP contribution in [0, 0.1) is 0 Å². The average Bonchev–Trinajstić information content (AvgIpc) is 2.54. The molecule has 0 aliphatic heterocycles. The molecule has 2 aromatic carbocycles. The second-order valence-corrected chi connectivity index (χ2v) is 7.90. The second kappa shape index (κ2) is 7.70. The third-order valence-electron chi connectivity index (χ3n) is 3.39. The molecule has 128 valence electrons. The SMILES string of the molecule is Clc1cc(Cl)c(Cl)c(-c2cnc(-c3cc(Cl)cc(Cl)c3Cl)c(Cl)c2)c1. The summed E-state index contributed by atoms with van der Waals surface area (Å²) in [5, 5.41) is 2.57. The van der Waals surface area contributed by atoms with E-state index in [1.54, 1.807) is 36.5 Å². The molecule has 0 fully saturated rings. The van der Waals surface area contributed by atoms with Crippen molar-refractivity contribution >= 4 is 81.2 Å². The van der Waals surface area contributed by atoms with E-state index in [0.717, 1.165) is 0 Å². The first-order valence-corrected chi connectivity index (χ1v) is 9.38. The lowest BCUT2D eigenvalue weighted by atomic mass is 10.1. The molecule has 0 aliphatic rings. The van der Waals surface area contributed by atoms with Gasteiger partial charge >= 0.3 is 0 Å². The number of hydrogen-bond donors (Lipinski definition) is 0. The minimum Gasteiger partial charge on any atom is -0.254 e. The van der Waals surface area contributed by atoms with Gasteiger partial charge in [0.1, 0.15) is 0 Å². The van der Waals surface area contributed by atoms with Gasteiger partial charge in [-0.25, -0.2) is 0 Å². The van der Waals surface area contributed by atoms with Gasteiger partial charge in [-0.15, -0.1) is 0 Å². The minimum absolute atomic E-state index is 0.316. The minimum atomic E-state index is 0.316. The van der Waals surface area contributed by atoms with Gasteiger partial charge in [-0.1, -0.05) is 81.2 Å². The average molecular weight is 472 g/mol. The van der Waals surface area contributed by atoms with Gasteiger partial charge < -0.3 is 0 Å². The van der Waals surface area contributed by atoms with Gasteiger partial charge in [0.05, 0.1) is 30.8 Å². The number of hydrogen-bond acceptors (Lipinski definition) is 1. The summed E-state index contributed by atoms with van der Waals surface area (Å²) in [5.41, 5.74) is 2.26. The fraction of sp³-hybridized carbons (Fsp3) is 0. The largest absolute Gasteiger partial charge is 0.254 e. The summed E-state index contributed by atoms with van der Waals surface area (Å²) in [7, 11) is 0. The van der Waals surface area contributed by atoms with E-state index < -0.39 is 0 Å². The van der Waals surface area contributed by atoms with E-state index in [-0.39, 0.29) is 0 Å². The summed E-state index contributed by atoms with van der Waals surface area (Å²) in [4.78, 5) is 4.39. The van der Waals surface area contributed by atoms with Crippen LogP contribution in [0.2, 0.25) is 35.2 Å². The Morgan fingerprint density at radius 1 is 0.560 bits per heavy atom. The zero-order valence-electron chi connectivity index (χ0n) is 12.1. The van der Waals surface area contributed by atoms with Crippen LogP contribution >= 0.6 is 81.2 Å². The molecule has 1 nitrogen and oxygen atoms in total. The molecule has 0 aliphatic carbocycles. The Kier molecular flexibility index (Phi) is 5.97. The highest BCUT2D eigenvalue weighted by Crippen LogP contribution is 2.41. The molecule has 0 unspecified atom stereocenters. The first-order chi connectivity index (χ1) is 11.8. The summed E-state index contributed by atoms with van der Waals surface area (Å²) in [6.45, 7) is 0. The summed E-state index contributed by atoms with van der Waals surface area (Å²) in [6.07, 6.45) is 1.60. The zero-order chi connectivity index (χ0) is 18.3. The van der Waals surface area contributed by atoms with E-state index in [2.05, 4.69) is 4.98 Å². The topological polar surface area (TPSA) is 12.9 Å². The van der Waals surface area contributed by atoms with Crippen molar-refractivity contribution in [2.24, 2.45) is 0 Å². The highest BCUT2D eigenvalue weighted by Gasteiger charge is 2.16. The molecule has 0 bridgehead atoms. The molecule has 25 heavy (non-hydrogen) atoms. The van der Waals surface area contributed by atoms with E-state index in [1.807, 2.05) is 0 Å². The predicted octanol–water partition coefficient (Wildman–Crippen LogP) is 8.99. The maximum absolute atomic E-state index is 6.41. The van der Waals surface area contributed by atoms with Crippen LogP contribution in [-0.2, 0) is 0 Å². The van der Waals surface area contributed by atoms with Gasteiger partial charge in [0.25, 0.3) is 0 Å². The normalized spacial score (nSPS) is 11.0. The number of aromatic nitrogens is 1. The lowest BCUT2D eigenvalue weighted by Gasteiger charge is -2.11. The third kappa shape index (κ3) is 3.99. The van der Waals surface area contributed by atoms with Crippen LogP contribution in [0.15, 0.2) is 36.5 Å². The Hall–Kier alpha value is -0.380. The lowest BCUT2D eigenvalue weighted by Crippen LogP contribution is -1.90. The number of benzene rings is 2. The molecule has 1 heterocycles. The Balaban J connectivity index is 2.15. The molecular formula is C17H6Cl7N. The van der Waals surface area contributed by atoms with Gasteiger partial charge in [0.15, 0.2) is 0 Å². The molecule has 0 atom stereocenters. The van der Waals surface area contributed by atoms with E-state index in [0.29, 0.717) is 57.5 Å². The Bertz CT molecular complexity index is 985. The molecular weight excluding hydrogens is 466 g/mol. The van der Waals surface area contributed by atoms with Crippen molar-refractivity contribution in [1.82, 2.24) is 4.98 Å². The maximum atomic E-state index is 6.41. The van der Waals surface area contributed by atoms with Gasteiger partial charge in [-0.2, -0.15) is 0 Å². The highest BCUT2D eigenvalue weighted by molar-refractivity contribution is 6.46. The van der Waals surface area contributed by atoms with E-state index >= 15 is 0 Å². The van der Waals surface area contributed by atoms with Crippen LogP contribution in [0.3, 0.4) is 0 Å². The molecule has 1 aromatic heterocycles. The van der Waals surface area contributed by atoms with Crippen LogP contribution in [-0.4, -0.2) is 4.98 Å². The first-order valence-electron chi connectivity index (χ1n) is 6.73. The summed E-state index contributed by atoms with van der Waals surface area (Å²) < 4.78 is 0. The van der Waals surface area contributed by atoms with Crippen LogP contribution in [0.25, 0.3) is 22.4 Å². The molecule has 0 spiro atoms. The van der Waals surface area contributed by atoms with E-state index in [4.69, 9.17) is 81.2 Å². The van der Waals surface area contributed by atoms with Crippen LogP contribution in [0.1, 0.15) is 0 Å². The second-order valence-electron chi connectivity index (χ2n) is 5.05. The monoisotopic (exact) mass is 469 g/mol. The Morgan fingerprint density at radius 3 is 1.64 bits per heavy atom. The first kappa shape index (κ1) is 19.4. The lowest BCUT2D eigenvalue weighted by molar-refractivity contribution is 1.32. The molecule has 0 radical (unpaired) electrons. The standard InChI is InChI=1S/C17H6Cl7N/c18-8-2-10(15(23)12(20)4-8)7-1-14(22)17(25-6-7)11-3-9(19)5-13(21)16(11)24/h1-6H. The van der Waals surface area contributed by atoms with Crippen molar-refractivity contribution in [3.05, 3.63) is 71.7 Å². The highest BCUT2D eigenvalue weighted by atomic mass is 35.5. The maximum Gasteiger partial charge on any atom is 0.0904 e. The van der Waals surface area contributed by atoms with Crippen molar-refractivity contribution < 1.29 is 0 Å². The quantitative estimate of drug-likeness (QED) is 0.339. The van der Waals surface area contributed by atoms with Gasteiger partial charge in [0, 0.05) is 32.9 Å². The van der Waals surface area contributed by atoms with Gasteiger partial charge in [0.2, 0.25) is 0 Å². The van der Waals surface area contributed by atoms with Gasteiger partial charge in [-0.3, -0.25) is 4.98 Å². The van der Waals surface area contributed by atoms with E-state index in [9.17, 15) is 0 Å². The number of pyridine rings is 1. The molecule has 0 saturated heterocycles. The smallest absolute Gasteiger partial charge is 0.0904 e. The fourth-order valence-corrected chi connectivity index (χ4v) is 3.95. The molecule has 0 saturated carbocycles. The van der Waals surface area contributed by atoms with Gasteiger partial charge in [-0.05, 0) is 30.3 Å². The zero-order valence-corrected chi connectivity index (χ0v) is 17.3. The molecule has 0 N–H and O–H groups in total. The summed E-state index contributed by atoms with van der Waals surface area (Å²) in [5.74, 6) is 0. The fourth-order valence-electron chi connectivity index (χ4n) is 2.28. The van der Waals surface area contributed by atoms with Crippen LogP contribution in [0.5, 0.6) is 0 Å². The van der Waals surface area contributed by atoms with Crippen molar-refractivity contribution in [2.45, 2.75) is 0 Å². The van der Waals surface area contributed by atoms with Crippen molar-refractivity contribution in [3.8, 4) is 22.4 Å². The molecule has 3 rings (SSSR count). The molecule has 0 amide bonds. The van der Waals surface area contributed by atoms with Crippen molar-refractivity contribution in [3.63, 3.8) is 0 Å². The third-order valence-corrected chi connectivity index (χ3v) is 5.72.